The molecule has 0 fully saturated rings. The van der Waals surface area contributed by atoms with Crippen molar-refractivity contribution in [3.8, 4) is 11.5 Å². The molecule has 0 saturated heterocycles. The number of hydrogen-bond donors (Lipinski definition) is 1. The molecule has 0 unspecified atom stereocenters. The maximum absolute atomic E-state index is 12.5. The molecular formula is C23H22N4O5S2. The smallest absolute Gasteiger partial charge is 0.283 e. The number of thioether (sulfide) groups is 1. The number of amidine groups is 2. The molecule has 0 spiro atoms. The SMILES string of the molecule is CCS(=O)(=O)C1=NN2C(=N)/C(=C/c3ccc(OCCOc4ccc(C)cc4)cc3)C(=O)N=C2S1. The Hall–Kier alpha value is -3.44. The minimum atomic E-state index is -3.57. The molecule has 0 saturated carbocycles. The third-order valence-electron chi connectivity index (χ3n) is 4.91. The van der Waals surface area contributed by atoms with E-state index in [2.05, 4.69) is 10.1 Å². The van der Waals surface area contributed by atoms with Crippen LogP contribution in [-0.4, -0.2) is 53.7 Å². The van der Waals surface area contributed by atoms with Crippen molar-refractivity contribution in [1.29, 1.82) is 5.41 Å². The molecule has 0 radical (unpaired) electrons. The Labute approximate surface area is 201 Å². The monoisotopic (exact) mass is 498 g/mol. The average molecular weight is 499 g/mol. The number of rotatable bonds is 7. The van der Waals surface area contributed by atoms with E-state index in [9.17, 15) is 13.2 Å². The summed E-state index contributed by atoms with van der Waals surface area (Å²) in [6, 6.07) is 14.8. The first-order valence-corrected chi connectivity index (χ1v) is 12.9. The summed E-state index contributed by atoms with van der Waals surface area (Å²) in [6.45, 7) is 4.27. The summed E-state index contributed by atoms with van der Waals surface area (Å²) >= 11 is 0.775. The van der Waals surface area contributed by atoms with E-state index in [1.807, 2.05) is 31.2 Å². The van der Waals surface area contributed by atoms with Crippen molar-refractivity contribution in [3.63, 3.8) is 0 Å². The lowest BCUT2D eigenvalue weighted by Gasteiger charge is -2.20. The van der Waals surface area contributed by atoms with Gasteiger partial charge >= 0.3 is 0 Å². The van der Waals surface area contributed by atoms with Gasteiger partial charge < -0.3 is 9.47 Å². The molecular weight excluding hydrogens is 476 g/mol. The van der Waals surface area contributed by atoms with Crippen LogP contribution in [0.1, 0.15) is 18.1 Å². The van der Waals surface area contributed by atoms with Gasteiger partial charge in [-0.25, -0.2) is 8.42 Å². The van der Waals surface area contributed by atoms with E-state index in [-0.39, 0.29) is 26.7 Å². The van der Waals surface area contributed by atoms with Crippen LogP contribution in [0, 0.1) is 12.3 Å². The van der Waals surface area contributed by atoms with Crippen molar-refractivity contribution in [2.45, 2.75) is 13.8 Å². The topological polar surface area (TPSA) is 121 Å². The van der Waals surface area contributed by atoms with Crippen LogP contribution < -0.4 is 9.47 Å². The molecule has 0 aliphatic carbocycles. The Morgan fingerprint density at radius 2 is 1.62 bits per heavy atom. The molecule has 0 atom stereocenters. The van der Waals surface area contributed by atoms with Crippen molar-refractivity contribution in [2.24, 2.45) is 10.1 Å². The van der Waals surface area contributed by atoms with Crippen molar-refractivity contribution in [3.05, 3.63) is 65.2 Å². The van der Waals surface area contributed by atoms with Crippen LogP contribution in [-0.2, 0) is 14.6 Å². The summed E-state index contributed by atoms with van der Waals surface area (Å²) in [5, 5.41) is 13.5. The fraction of sp³-hybridized carbons (Fsp3) is 0.217. The third kappa shape index (κ3) is 5.20. The van der Waals surface area contributed by atoms with Gasteiger partial charge in [-0.2, -0.15) is 10.0 Å². The summed E-state index contributed by atoms with van der Waals surface area (Å²) < 4.78 is 35.3. The molecule has 0 bridgehead atoms. The van der Waals surface area contributed by atoms with Crippen LogP contribution in [0.2, 0.25) is 0 Å². The first-order chi connectivity index (χ1) is 16.3. The molecule has 9 nitrogen and oxygen atoms in total. The summed E-state index contributed by atoms with van der Waals surface area (Å²) in [5.74, 6) is 0.438. The predicted octanol–water partition coefficient (Wildman–Crippen LogP) is 3.46. The molecule has 176 valence electrons. The Bertz CT molecular complexity index is 1310. The van der Waals surface area contributed by atoms with Crippen LogP contribution in [0.25, 0.3) is 6.08 Å². The Morgan fingerprint density at radius 1 is 1.03 bits per heavy atom. The minimum absolute atomic E-state index is 0.0170. The number of carbonyl (C=O) groups excluding carboxylic acids is 1. The zero-order valence-corrected chi connectivity index (χ0v) is 20.1. The summed E-state index contributed by atoms with van der Waals surface area (Å²) in [6.07, 6.45) is 1.52. The van der Waals surface area contributed by atoms with Crippen molar-refractivity contribution in [2.75, 3.05) is 19.0 Å². The summed E-state index contributed by atoms with van der Waals surface area (Å²) in [5.41, 5.74) is 1.84. The second-order valence-electron chi connectivity index (χ2n) is 7.37. The molecule has 2 aliphatic rings. The van der Waals surface area contributed by atoms with Crippen LogP contribution in [0.3, 0.4) is 0 Å². The maximum Gasteiger partial charge on any atom is 0.283 e. The largest absolute Gasteiger partial charge is 0.490 e. The molecule has 2 aromatic carbocycles. The normalized spacial score (nSPS) is 16.9. The number of fused-ring (bicyclic) bond motifs is 1. The minimum Gasteiger partial charge on any atom is -0.490 e. The van der Waals surface area contributed by atoms with Gasteiger partial charge in [-0.1, -0.05) is 36.8 Å². The molecule has 2 heterocycles. The number of hydrazone groups is 1. The highest BCUT2D eigenvalue weighted by Crippen LogP contribution is 2.30. The predicted molar refractivity (Wildman–Crippen MR) is 133 cm³/mol. The van der Waals surface area contributed by atoms with Gasteiger partial charge in [0.1, 0.15) is 24.7 Å². The molecule has 2 aromatic rings. The molecule has 34 heavy (non-hydrogen) atoms. The van der Waals surface area contributed by atoms with E-state index in [1.165, 1.54) is 13.0 Å². The zero-order valence-electron chi connectivity index (χ0n) is 18.5. The number of sulfone groups is 1. The molecule has 0 aromatic heterocycles. The molecule has 2 aliphatic heterocycles. The first kappa shape index (κ1) is 23.7. The number of amides is 1. The van der Waals surface area contributed by atoms with Gasteiger partial charge in [-0.15, -0.1) is 5.10 Å². The van der Waals surface area contributed by atoms with Crippen molar-refractivity contribution >= 4 is 49.0 Å². The van der Waals surface area contributed by atoms with Gasteiger partial charge in [0.25, 0.3) is 5.91 Å². The van der Waals surface area contributed by atoms with Crippen molar-refractivity contribution in [1.82, 2.24) is 5.01 Å². The van der Waals surface area contributed by atoms with Crippen LogP contribution in [0.15, 0.2) is 64.2 Å². The Balaban J connectivity index is 1.39. The lowest BCUT2D eigenvalue weighted by Crippen LogP contribution is -2.35. The number of ether oxygens (including phenoxy) is 2. The first-order valence-electron chi connectivity index (χ1n) is 10.4. The van der Waals surface area contributed by atoms with Gasteiger partial charge in [-0.05, 0) is 54.6 Å². The number of nitrogens with zero attached hydrogens (tertiary/aromatic N) is 3. The number of nitrogens with one attached hydrogen (secondary N) is 1. The third-order valence-corrected chi connectivity index (χ3v) is 8.00. The molecule has 1 N–H and O–H groups in total. The van der Waals surface area contributed by atoms with Crippen LogP contribution in [0.4, 0.5) is 0 Å². The van der Waals surface area contributed by atoms with Gasteiger partial charge in [0.05, 0.1) is 11.3 Å². The lowest BCUT2D eigenvalue weighted by molar-refractivity contribution is -0.114. The number of carbonyl (C=O) groups is 1. The van der Waals surface area contributed by atoms with Crippen LogP contribution >= 0.6 is 11.8 Å². The average Bonchev–Trinajstić information content (AvgIpc) is 3.27. The highest BCUT2D eigenvalue weighted by atomic mass is 32.3. The zero-order chi connectivity index (χ0) is 24.3. The van der Waals surface area contributed by atoms with Gasteiger partial charge in [0, 0.05) is 0 Å². The molecule has 11 heteroatoms. The number of aliphatic imine (C=N–C) groups is 1. The second kappa shape index (κ2) is 9.82. The van der Waals surface area contributed by atoms with E-state index in [0.717, 1.165) is 28.1 Å². The van der Waals surface area contributed by atoms with Crippen LogP contribution in [0.5, 0.6) is 11.5 Å². The van der Waals surface area contributed by atoms with Gasteiger partial charge in [0.2, 0.25) is 19.4 Å². The fourth-order valence-corrected chi connectivity index (χ4v) is 5.17. The standard InChI is InChI=1S/C23H22N4O5S2/c1-3-34(29,30)23-26-27-20(24)19(21(28)25-22(27)33-23)14-16-6-10-18(11-7-16)32-13-12-31-17-8-4-15(2)5-9-17/h4-11,14,24H,3,12-13H2,1-2H3/b19-14-,24-20?. The Morgan fingerprint density at radius 3 is 2.21 bits per heavy atom. The maximum atomic E-state index is 12.5. The van der Waals surface area contributed by atoms with E-state index in [1.54, 1.807) is 24.3 Å². The van der Waals surface area contributed by atoms with Crippen molar-refractivity contribution < 1.29 is 22.7 Å². The van der Waals surface area contributed by atoms with E-state index >= 15 is 0 Å². The number of hydrogen-bond acceptors (Lipinski definition) is 8. The molecule has 4 rings (SSSR count). The van der Waals surface area contributed by atoms with Gasteiger partial charge in [0.15, 0.2) is 5.84 Å². The van der Waals surface area contributed by atoms with Gasteiger partial charge in [-0.3, -0.25) is 10.2 Å². The Kier molecular flexibility index (Phi) is 6.85. The second-order valence-corrected chi connectivity index (χ2v) is 10.8. The highest BCUT2D eigenvalue weighted by molar-refractivity contribution is 8.42. The quantitative estimate of drug-likeness (QED) is 0.458. The number of aryl methyl sites for hydroxylation is 1. The summed E-state index contributed by atoms with van der Waals surface area (Å²) in [4.78, 5) is 16.4. The highest BCUT2D eigenvalue weighted by Gasteiger charge is 2.39. The van der Waals surface area contributed by atoms with E-state index in [4.69, 9.17) is 14.9 Å². The van der Waals surface area contributed by atoms with E-state index < -0.39 is 15.7 Å². The molecule has 1 amide bonds. The lowest BCUT2D eigenvalue weighted by atomic mass is 10.1. The summed E-state index contributed by atoms with van der Waals surface area (Å²) in [7, 11) is -3.57. The van der Waals surface area contributed by atoms with E-state index in [0.29, 0.717) is 24.5 Å². The fourth-order valence-electron chi connectivity index (χ4n) is 3.00. The number of benzene rings is 2.